The van der Waals surface area contributed by atoms with Gasteiger partial charge in [-0.05, 0) is 32.2 Å². The van der Waals surface area contributed by atoms with Crippen LogP contribution >= 0.6 is 0 Å². The molecule has 0 aromatic heterocycles. The second kappa shape index (κ2) is 43.3. The van der Waals surface area contributed by atoms with Crippen molar-refractivity contribution in [1.29, 1.82) is 0 Å². The largest absolute Gasteiger partial charge is 0.465 e. The summed E-state index contributed by atoms with van der Waals surface area (Å²) in [5.41, 5.74) is 5.60. The molecule has 0 aromatic rings. The third-order valence-corrected chi connectivity index (χ3v) is 10.8. The van der Waals surface area contributed by atoms with Gasteiger partial charge < -0.3 is 15.2 Å². The number of hydrogen-bond donors (Lipinski definition) is 1. The Bertz CT molecular complexity index is 699. The minimum Gasteiger partial charge on any atom is -0.465 e. The van der Waals surface area contributed by atoms with Crippen LogP contribution in [0.1, 0.15) is 258 Å². The highest BCUT2D eigenvalue weighted by atomic mass is 16.6. The lowest BCUT2D eigenvalue weighted by Crippen LogP contribution is -2.28. The van der Waals surface area contributed by atoms with Crippen molar-refractivity contribution in [3.63, 3.8) is 0 Å². The molecule has 5 heteroatoms. The minimum atomic E-state index is -0.769. The first-order valence-corrected chi connectivity index (χ1v) is 23.2. The molecule has 0 amide bonds. The van der Waals surface area contributed by atoms with Crippen LogP contribution in [0.3, 0.4) is 0 Å². The van der Waals surface area contributed by atoms with Gasteiger partial charge in [-0.3, -0.25) is 9.59 Å². The van der Waals surface area contributed by atoms with Crippen molar-refractivity contribution in [2.24, 2.45) is 11.7 Å². The van der Waals surface area contributed by atoms with Gasteiger partial charge in [-0.1, -0.05) is 232 Å². The van der Waals surface area contributed by atoms with E-state index < -0.39 is 5.92 Å². The Morgan fingerprint density at radius 3 is 0.863 bits per heavy atom. The first-order chi connectivity index (χ1) is 25.2. The van der Waals surface area contributed by atoms with E-state index in [0.29, 0.717) is 19.6 Å². The monoisotopic (exact) mass is 722 g/mol. The van der Waals surface area contributed by atoms with E-state index in [2.05, 4.69) is 13.8 Å². The highest BCUT2D eigenvalue weighted by Gasteiger charge is 2.29. The Kier molecular flexibility index (Phi) is 42.4. The summed E-state index contributed by atoms with van der Waals surface area (Å²) in [6.45, 7) is 6.17. The summed E-state index contributed by atoms with van der Waals surface area (Å²) in [5, 5.41) is 0. The van der Waals surface area contributed by atoms with Crippen LogP contribution < -0.4 is 5.73 Å². The minimum absolute atomic E-state index is 0.370. The quantitative estimate of drug-likeness (QED) is 0.0385. The average Bonchev–Trinajstić information content (AvgIpc) is 3.13. The van der Waals surface area contributed by atoms with E-state index in [1.807, 2.05) is 0 Å². The summed E-state index contributed by atoms with van der Waals surface area (Å²) >= 11 is 0. The zero-order chi connectivity index (χ0) is 37.1. The van der Waals surface area contributed by atoms with Gasteiger partial charge in [-0.2, -0.15) is 0 Å². The number of nitrogens with two attached hydrogens (primary N) is 1. The SMILES string of the molecule is CCCCCCCCCCCCCCCCCCOC(=O)C(CCCCCCCCCN)C(=O)OCCCCCCCCCCCCCCCC. The Morgan fingerprint density at radius 2 is 0.588 bits per heavy atom. The molecule has 0 aliphatic carbocycles. The number of ether oxygens (including phenoxy) is 2. The smallest absolute Gasteiger partial charge is 0.320 e. The number of hydrogen-bond acceptors (Lipinski definition) is 5. The van der Waals surface area contributed by atoms with Crippen molar-refractivity contribution in [2.75, 3.05) is 19.8 Å². The number of carbonyl (C=O) groups excluding carboxylic acids is 2. The van der Waals surface area contributed by atoms with E-state index in [-0.39, 0.29) is 11.9 Å². The number of unbranched alkanes of at least 4 members (excludes halogenated alkanes) is 34. The zero-order valence-electron chi connectivity index (χ0n) is 34.8. The molecule has 1 atom stereocenters. The van der Waals surface area contributed by atoms with E-state index in [1.54, 1.807) is 0 Å². The Balaban J connectivity index is 4.07. The van der Waals surface area contributed by atoms with Crippen LogP contribution in [0.15, 0.2) is 0 Å². The van der Waals surface area contributed by atoms with Crippen LogP contribution in [0.25, 0.3) is 0 Å². The molecule has 0 fully saturated rings. The summed E-state index contributed by atoms with van der Waals surface area (Å²) in [4.78, 5) is 26.0. The van der Waals surface area contributed by atoms with E-state index in [9.17, 15) is 9.59 Å². The predicted molar refractivity (Wildman–Crippen MR) is 221 cm³/mol. The molecule has 0 saturated heterocycles. The van der Waals surface area contributed by atoms with Crippen molar-refractivity contribution in [2.45, 2.75) is 258 Å². The lowest BCUT2D eigenvalue weighted by atomic mass is 10.00. The van der Waals surface area contributed by atoms with Gasteiger partial charge >= 0.3 is 11.9 Å². The van der Waals surface area contributed by atoms with Crippen LogP contribution in [-0.4, -0.2) is 31.7 Å². The molecule has 0 aliphatic heterocycles. The highest BCUT2D eigenvalue weighted by molar-refractivity contribution is 5.94. The fourth-order valence-corrected chi connectivity index (χ4v) is 7.20. The third-order valence-electron chi connectivity index (χ3n) is 10.8. The van der Waals surface area contributed by atoms with Gasteiger partial charge in [-0.15, -0.1) is 0 Å². The second-order valence-electron chi connectivity index (χ2n) is 15.8. The van der Waals surface area contributed by atoms with Gasteiger partial charge in [-0.25, -0.2) is 0 Å². The molecule has 0 aromatic carbocycles. The molecule has 5 nitrogen and oxygen atoms in total. The van der Waals surface area contributed by atoms with Crippen LogP contribution in [0, 0.1) is 5.92 Å². The fraction of sp³-hybridized carbons (Fsp3) is 0.957. The van der Waals surface area contributed by atoms with E-state index >= 15 is 0 Å². The van der Waals surface area contributed by atoms with Gasteiger partial charge in [0.25, 0.3) is 0 Å². The summed E-state index contributed by atoms with van der Waals surface area (Å²) in [5.74, 6) is -1.51. The van der Waals surface area contributed by atoms with Crippen molar-refractivity contribution >= 4 is 11.9 Å². The Morgan fingerprint density at radius 1 is 0.353 bits per heavy atom. The van der Waals surface area contributed by atoms with Gasteiger partial charge in [0.2, 0.25) is 0 Å². The molecule has 304 valence electrons. The summed E-state index contributed by atoms with van der Waals surface area (Å²) in [6.07, 6.45) is 47.6. The molecule has 0 saturated carbocycles. The van der Waals surface area contributed by atoms with Crippen molar-refractivity contribution < 1.29 is 19.1 Å². The summed E-state index contributed by atoms with van der Waals surface area (Å²) in [6, 6.07) is 0. The van der Waals surface area contributed by atoms with Gasteiger partial charge in [0, 0.05) is 0 Å². The molecule has 2 N–H and O–H groups in total. The van der Waals surface area contributed by atoms with E-state index in [0.717, 1.165) is 57.9 Å². The number of esters is 2. The molecule has 0 spiro atoms. The van der Waals surface area contributed by atoms with E-state index in [1.165, 1.54) is 186 Å². The molecule has 0 heterocycles. The first kappa shape index (κ1) is 49.9. The van der Waals surface area contributed by atoms with Gasteiger partial charge in [0.15, 0.2) is 5.92 Å². The Hall–Kier alpha value is -1.10. The summed E-state index contributed by atoms with van der Waals surface area (Å²) < 4.78 is 11.3. The highest BCUT2D eigenvalue weighted by Crippen LogP contribution is 2.18. The maximum Gasteiger partial charge on any atom is 0.320 e. The van der Waals surface area contributed by atoms with Crippen LogP contribution in [0.4, 0.5) is 0 Å². The average molecular weight is 722 g/mol. The maximum absolute atomic E-state index is 13.0. The predicted octanol–water partition coefficient (Wildman–Crippen LogP) is 14.5. The maximum atomic E-state index is 13.0. The number of rotatable bonds is 43. The van der Waals surface area contributed by atoms with Crippen molar-refractivity contribution in [1.82, 2.24) is 0 Å². The first-order valence-electron chi connectivity index (χ1n) is 23.2. The standard InChI is InChI=1S/C46H91NO4/c1-3-5-7-9-11-13-15-17-19-20-22-24-26-31-35-39-43-51-46(49)44(40-36-32-28-27-29-33-37-41-47)45(48)50-42-38-34-30-25-23-21-18-16-14-12-10-8-6-4-2/h44H,3-43,47H2,1-2H3. The molecule has 0 radical (unpaired) electrons. The molecular weight excluding hydrogens is 631 g/mol. The summed E-state index contributed by atoms with van der Waals surface area (Å²) in [7, 11) is 0. The van der Waals surface area contributed by atoms with Crippen LogP contribution in [0.2, 0.25) is 0 Å². The number of carbonyl (C=O) groups is 2. The van der Waals surface area contributed by atoms with Gasteiger partial charge in [0.1, 0.15) is 0 Å². The topological polar surface area (TPSA) is 78.6 Å². The second-order valence-corrected chi connectivity index (χ2v) is 15.8. The van der Waals surface area contributed by atoms with Crippen LogP contribution in [0.5, 0.6) is 0 Å². The lowest BCUT2D eigenvalue weighted by Gasteiger charge is -2.15. The van der Waals surface area contributed by atoms with E-state index in [4.69, 9.17) is 15.2 Å². The fourth-order valence-electron chi connectivity index (χ4n) is 7.20. The molecule has 0 rings (SSSR count). The normalized spacial score (nSPS) is 12.0. The van der Waals surface area contributed by atoms with Crippen LogP contribution in [-0.2, 0) is 19.1 Å². The third kappa shape index (κ3) is 38.4. The lowest BCUT2D eigenvalue weighted by molar-refractivity contribution is -0.162. The molecule has 0 aliphatic rings. The van der Waals surface area contributed by atoms with Crippen molar-refractivity contribution in [3.05, 3.63) is 0 Å². The molecular formula is C46H91NO4. The Labute approximate surface area is 319 Å². The molecule has 1 unspecified atom stereocenters. The van der Waals surface area contributed by atoms with Crippen molar-refractivity contribution in [3.8, 4) is 0 Å². The zero-order valence-corrected chi connectivity index (χ0v) is 34.8. The molecule has 0 bridgehead atoms. The van der Waals surface area contributed by atoms with Gasteiger partial charge in [0.05, 0.1) is 13.2 Å². The molecule has 51 heavy (non-hydrogen) atoms.